The van der Waals surface area contributed by atoms with Crippen LogP contribution in [-0.4, -0.2) is 33.2 Å². The van der Waals surface area contributed by atoms with Crippen molar-refractivity contribution in [3.8, 4) is 5.75 Å². The molecule has 0 saturated carbocycles. The highest BCUT2D eigenvalue weighted by molar-refractivity contribution is 6.19. The summed E-state index contributed by atoms with van der Waals surface area (Å²) in [7, 11) is 0. The molecule has 3 aromatic carbocycles. The number of aromatic nitrogens is 2. The number of nitrogens with one attached hydrogen (secondary N) is 1. The number of ether oxygens (including phenoxy) is 1. The molecule has 0 aliphatic carbocycles. The molecule has 28 heavy (non-hydrogen) atoms. The minimum Gasteiger partial charge on any atom is -0.506 e. The first-order valence-electron chi connectivity index (χ1n) is 8.74. The van der Waals surface area contributed by atoms with Gasteiger partial charge in [-0.1, -0.05) is 36.4 Å². The predicted molar refractivity (Wildman–Crippen MR) is 105 cm³/mol. The average molecular weight is 375 g/mol. The van der Waals surface area contributed by atoms with E-state index in [1.807, 2.05) is 30.3 Å². The Kier molecular flexibility index (Phi) is 4.27. The number of benzene rings is 3. The van der Waals surface area contributed by atoms with E-state index in [0.717, 1.165) is 0 Å². The number of phenols is 1. The number of hydrogen-bond acceptors (Lipinski definition) is 6. The van der Waals surface area contributed by atoms with Gasteiger partial charge in [0, 0.05) is 17.7 Å². The van der Waals surface area contributed by atoms with E-state index in [4.69, 9.17) is 4.74 Å². The summed E-state index contributed by atoms with van der Waals surface area (Å²) in [6.45, 7) is 2.78. The molecule has 1 heterocycles. The van der Waals surface area contributed by atoms with Gasteiger partial charge in [0.15, 0.2) is 6.23 Å². The highest BCUT2D eigenvalue weighted by Crippen LogP contribution is 2.36. The lowest BCUT2D eigenvalue weighted by atomic mass is 10.0. The molecule has 0 fully saturated rings. The summed E-state index contributed by atoms with van der Waals surface area (Å²) in [5.41, 5.74) is 2.07. The van der Waals surface area contributed by atoms with Crippen LogP contribution in [0.1, 0.15) is 24.2 Å². The maximum Gasteiger partial charge on any atom is 0.304 e. The molecular weight excluding hydrogens is 358 g/mol. The Bertz CT molecular complexity index is 1250. The van der Waals surface area contributed by atoms with Gasteiger partial charge in [0.25, 0.3) is 5.91 Å². The molecule has 140 valence electrons. The highest BCUT2D eigenvalue weighted by Gasteiger charge is 2.23. The Morgan fingerprint density at radius 2 is 1.54 bits per heavy atom. The Labute approximate surface area is 160 Å². The van der Waals surface area contributed by atoms with Gasteiger partial charge < -0.3 is 15.2 Å². The number of fused-ring (bicyclic) bond motifs is 4. The molecule has 7 heteroatoms. The summed E-state index contributed by atoms with van der Waals surface area (Å²) in [6.07, 6.45) is -0.862. The molecule has 0 bridgehead atoms. The third-order valence-corrected chi connectivity index (χ3v) is 4.39. The molecule has 1 atom stereocenters. The van der Waals surface area contributed by atoms with Crippen LogP contribution in [0, 0.1) is 0 Å². The van der Waals surface area contributed by atoms with Crippen molar-refractivity contribution in [3.63, 3.8) is 0 Å². The molecule has 0 aliphatic heterocycles. The molecule has 4 aromatic rings. The third kappa shape index (κ3) is 2.96. The van der Waals surface area contributed by atoms with Crippen LogP contribution < -0.4 is 5.32 Å². The summed E-state index contributed by atoms with van der Waals surface area (Å²) in [5, 5.41) is 14.6. The van der Waals surface area contributed by atoms with Crippen molar-refractivity contribution in [2.75, 3.05) is 0 Å². The van der Waals surface area contributed by atoms with E-state index < -0.39 is 18.1 Å². The van der Waals surface area contributed by atoms with Crippen LogP contribution in [0.5, 0.6) is 5.75 Å². The predicted octanol–water partition coefficient (Wildman–Crippen LogP) is 3.28. The van der Waals surface area contributed by atoms with E-state index in [0.29, 0.717) is 27.3 Å². The molecule has 0 saturated heterocycles. The molecule has 0 spiro atoms. The van der Waals surface area contributed by atoms with Gasteiger partial charge in [0.1, 0.15) is 16.8 Å². The van der Waals surface area contributed by atoms with Crippen LogP contribution in [0.3, 0.4) is 0 Å². The second kappa shape index (κ2) is 6.77. The number of rotatable bonds is 3. The van der Waals surface area contributed by atoms with Crippen LogP contribution in [0.15, 0.2) is 48.5 Å². The number of para-hydroxylation sites is 2. The van der Waals surface area contributed by atoms with Crippen LogP contribution >= 0.6 is 0 Å². The maximum atomic E-state index is 12.9. The lowest BCUT2D eigenvalue weighted by Gasteiger charge is -2.16. The summed E-state index contributed by atoms with van der Waals surface area (Å²) < 4.78 is 4.96. The molecule has 0 radical (unpaired) electrons. The van der Waals surface area contributed by atoms with Crippen molar-refractivity contribution >= 4 is 44.7 Å². The number of hydrogen-bond donors (Lipinski definition) is 2. The number of nitrogens with zero attached hydrogens (tertiary/aromatic N) is 2. The van der Waals surface area contributed by atoms with Gasteiger partial charge in [-0.3, -0.25) is 9.59 Å². The molecule has 1 unspecified atom stereocenters. The van der Waals surface area contributed by atoms with Crippen LogP contribution in [0.4, 0.5) is 0 Å². The van der Waals surface area contributed by atoms with Crippen molar-refractivity contribution in [2.24, 2.45) is 0 Å². The molecule has 4 rings (SSSR count). The lowest BCUT2D eigenvalue weighted by molar-refractivity contribution is -0.146. The van der Waals surface area contributed by atoms with Crippen molar-refractivity contribution < 1.29 is 19.4 Å². The molecule has 7 nitrogen and oxygen atoms in total. The second-order valence-electron chi connectivity index (χ2n) is 6.40. The van der Waals surface area contributed by atoms with Crippen LogP contribution in [0.2, 0.25) is 0 Å². The largest absolute Gasteiger partial charge is 0.506 e. The number of aromatic hydroxyl groups is 1. The topological polar surface area (TPSA) is 101 Å². The number of carbonyl (C=O) groups excluding carboxylic acids is 2. The number of carbonyl (C=O) groups is 2. The zero-order valence-electron chi connectivity index (χ0n) is 15.3. The van der Waals surface area contributed by atoms with Crippen molar-refractivity contribution in [3.05, 3.63) is 54.1 Å². The maximum absolute atomic E-state index is 12.9. The lowest BCUT2D eigenvalue weighted by Crippen LogP contribution is -2.35. The molecule has 1 amide bonds. The fraction of sp³-hybridized carbons (Fsp3) is 0.143. The monoisotopic (exact) mass is 375 g/mol. The third-order valence-electron chi connectivity index (χ3n) is 4.39. The highest BCUT2D eigenvalue weighted by atomic mass is 16.6. The molecule has 2 N–H and O–H groups in total. The molecule has 0 aliphatic rings. The standard InChI is InChI=1S/C21H17N3O4/c1-11(28-12(2)25)22-21(27)17-19-18(13-7-3-4-8-14(13)20(17)26)23-15-9-5-6-10-16(15)24-19/h3-11,26H,1-2H3,(H,22,27). The minimum absolute atomic E-state index is 0.00837. The summed E-state index contributed by atoms with van der Waals surface area (Å²) in [6, 6.07) is 14.5. The summed E-state index contributed by atoms with van der Waals surface area (Å²) >= 11 is 0. The minimum atomic E-state index is -0.862. The second-order valence-corrected chi connectivity index (χ2v) is 6.40. The first-order valence-corrected chi connectivity index (χ1v) is 8.74. The van der Waals surface area contributed by atoms with Gasteiger partial charge in [-0.2, -0.15) is 0 Å². The van der Waals surface area contributed by atoms with Crippen LogP contribution in [-0.2, 0) is 9.53 Å². The first-order chi connectivity index (χ1) is 13.5. The van der Waals surface area contributed by atoms with Crippen LogP contribution in [0.25, 0.3) is 32.8 Å². The Morgan fingerprint density at radius 1 is 0.964 bits per heavy atom. The number of phenolic OH excluding ortho intramolecular Hbond substituents is 1. The number of amides is 1. The average Bonchev–Trinajstić information content (AvgIpc) is 2.66. The summed E-state index contributed by atoms with van der Waals surface area (Å²) in [5.74, 6) is -1.32. The first kappa shape index (κ1) is 17.7. The quantitative estimate of drug-likeness (QED) is 0.247. The zero-order valence-corrected chi connectivity index (χ0v) is 15.3. The fourth-order valence-electron chi connectivity index (χ4n) is 3.26. The van der Waals surface area contributed by atoms with Crippen molar-refractivity contribution in [1.82, 2.24) is 15.3 Å². The van der Waals surface area contributed by atoms with E-state index in [2.05, 4.69) is 15.3 Å². The van der Waals surface area contributed by atoms with Gasteiger partial charge in [-0.15, -0.1) is 0 Å². The normalized spacial score (nSPS) is 12.2. The van der Waals surface area contributed by atoms with Crippen molar-refractivity contribution in [1.29, 1.82) is 0 Å². The van der Waals surface area contributed by atoms with E-state index in [1.54, 1.807) is 18.2 Å². The van der Waals surface area contributed by atoms with Crippen molar-refractivity contribution in [2.45, 2.75) is 20.1 Å². The Hall–Kier alpha value is -3.74. The van der Waals surface area contributed by atoms with Gasteiger partial charge >= 0.3 is 5.97 Å². The van der Waals surface area contributed by atoms with Gasteiger partial charge in [0.2, 0.25) is 0 Å². The van der Waals surface area contributed by atoms with Gasteiger partial charge in [-0.25, -0.2) is 9.97 Å². The Balaban J connectivity index is 2.00. The summed E-state index contributed by atoms with van der Waals surface area (Å²) in [4.78, 5) is 33.3. The van der Waals surface area contributed by atoms with E-state index in [9.17, 15) is 14.7 Å². The molecular formula is C21H17N3O4. The smallest absolute Gasteiger partial charge is 0.304 e. The van der Waals surface area contributed by atoms with Gasteiger partial charge in [-0.05, 0) is 19.1 Å². The fourth-order valence-corrected chi connectivity index (χ4v) is 3.26. The SMILES string of the molecule is CC(=O)OC(C)NC(=O)c1c(O)c2ccccc2c2nc3ccccc3nc12. The van der Waals surface area contributed by atoms with E-state index >= 15 is 0 Å². The number of esters is 1. The Morgan fingerprint density at radius 3 is 2.18 bits per heavy atom. The van der Waals surface area contributed by atoms with Gasteiger partial charge in [0.05, 0.1) is 16.6 Å². The van der Waals surface area contributed by atoms with E-state index in [-0.39, 0.29) is 16.8 Å². The molecule has 1 aromatic heterocycles. The zero-order chi connectivity index (χ0) is 19.8. The van der Waals surface area contributed by atoms with E-state index in [1.165, 1.54) is 13.8 Å².